The maximum atomic E-state index is 13.3. The van der Waals surface area contributed by atoms with E-state index in [-0.39, 0.29) is 11.6 Å². The standard InChI is InChI=1S/C23H19N3O4S/c1-14(27)24-15-8-10-16(11-9-15)25-21-20(19-7-4-12-31-19)22(28)26(23(21)29)17-5-3-6-18(13-17)30-2/h3-13,25H,1-2H3,(H,24,27). The van der Waals surface area contributed by atoms with Gasteiger partial charge >= 0.3 is 0 Å². The van der Waals surface area contributed by atoms with Crippen LogP contribution in [0.4, 0.5) is 17.1 Å². The Morgan fingerprint density at radius 1 is 0.968 bits per heavy atom. The van der Waals surface area contributed by atoms with Crippen molar-refractivity contribution in [2.45, 2.75) is 6.92 Å². The largest absolute Gasteiger partial charge is 0.497 e. The summed E-state index contributed by atoms with van der Waals surface area (Å²) in [5.74, 6) is -0.481. The van der Waals surface area contributed by atoms with Crippen LogP contribution in [-0.4, -0.2) is 24.8 Å². The predicted octanol–water partition coefficient (Wildman–Crippen LogP) is 4.11. The summed E-state index contributed by atoms with van der Waals surface area (Å²) in [6.07, 6.45) is 0. The lowest BCUT2D eigenvalue weighted by atomic mass is 10.2. The highest BCUT2D eigenvalue weighted by Crippen LogP contribution is 2.36. The molecule has 2 aromatic carbocycles. The number of amides is 3. The number of carbonyl (C=O) groups excluding carboxylic acids is 3. The molecule has 3 amide bonds. The van der Waals surface area contributed by atoms with Gasteiger partial charge in [-0.25, -0.2) is 4.90 Å². The number of imide groups is 1. The van der Waals surface area contributed by atoms with Crippen LogP contribution < -0.4 is 20.3 Å². The molecule has 0 unspecified atom stereocenters. The molecule has 2 heterocycles. The van der Waals surface area contributed by atoms with Gasteiger partial charge in [-0.05, 0) is 47.8 Å². The van der Waals surface area contributed by atoms with Crippen molar-refractivity contribution in [3.05, 3.63) is 76.6 Å². The van der Waals surface area contributed by atoms with Crippen LogP contribution in [0.25, 0.3) is 5.57 Å². The molecule has 156 valence electrons. The summed E-state index contributed by atoms with van der Waals surface area (Å²) in [5.41, 5.74) is 2.20. The minimum atomic E-state index is -0.451. The van der Waals surface area contributed by atoms with Gasteiger partial charge in [0, 0.05) is 29.2 Å². The molecule has 0 saturated heterocycles. The maximum Gasteiger partial charge on any atom is 0.282 e. The summed E-state index contributed by atoms with van der Waals surface area (Å²) in [6.45, 7) is 1.43. The smallest absolute Gasteiger partial charge is 0.282 e. The van der Waals surface area contributed by atoms with E-state index in [0.717, 1.165) is 4.90 Å². The zero-order valence-corrected chi connectivity index (χ0v) is 17.7. The third-order valence-corrected chi connectivity index (χ3v) is 5.52. The van der Waals surface area contributed by atoms with E-state index in [0.29, 0.717) is 33.3 Å². The van der Waals surface area contributed by atoms with Crippen LogP contribution >= 0.6 is 11.3 Å². The molecule has 0 bridgehead atoms. The summed E-state index contributed by atoms with van der Waals surface area (Å²) < 4.78 is 5.24. The Kier molecular flexibility index (Phi) is 5.55. The predicted molar refractivity (Wildman–Crippen MR) is 121 cm³/mol. The maximum absolute atomic E-state index is 13.3. The first-order chi connectivity index (χ1) is 15.0. The van der Waals surface area contributed by atoms with Crippen molar-refractivity contribution in [2.24, 2.45) is 0 Å². The quantitative estimate of drug-likeness (QED) is 0.571. The molecule has 0 radical (unpaired) electrons. The Bertz CT molecular complexity index is 1180. The van der Waals surface area contributed by atoms with Gasteiger partial charge in [0.15, 0.2) is 0 Å². The number of hydrogen-bond acceptors (Lipinski definition) is 6. The zero-order chi connectivity index (χ0) is 22.0. The van der Waals surface area contributed by atoms with E-state index in [9.17, 15) is 14.4 Å². The SMILES string of the molecule is COc1cccc(N2C(=O)C(Nc3ccc(NC(C)=O)cc3)=C(c3cccs3)C2=O)c1. The molecular weight excluding hydrogens is 414 g/mol. The lowest BCUT2D eigenvalue weighted by Crippen LogP contribution is -2.32. The second-order valence-electron chi connectivity index (χ2n) is 6.76. The number of anilines is 3. The van der Waals surface area contributed by atoms with Crippen LogP contribution in [0.1, 0.15) is 11.8 Å². The lowest BCUT2D eigenvalue weighted by Gasteiger charge is -2.16. The van der Waals surface area contributed by atoms with Crippen LogP contribution in [0.15, 0.2) is 71.7 Å². The summed E-state index contributed by atoms with van der Waals surface area (Å²) in [6, 6.07) is 17.4. The third-order valence-electron chi connectivity index (χ3n) is 4.64. The number of carbonyl (C=O) groups is 3. The van der Waals surface area contributed by atoms with Crippen molar-refractivity contribution in [2.75, 3.05) is 22.6 Å². The first kappa shape index (κ1) is 20.4. The number of nitrogens with one attached hydrogen (secondary N) is 2. The first-order valence-corrected chi connectivity index (χ1v) is 10.3. The van der Waals surface area contributed by atoms with Gasteiger partial charge in [0.1, 0.15) is 11.4 Å². The molecule has 1 aliphatic rings. The fraction of sp³-hybridized carbons (Fsp3) is 0.0870. The Hall–Kier alpha value is -3.91. The monoisotopic (exact) mass is 433 g/mol. The average molecular weight is 433 g/mol. The van der Waals surface area contributed by atoms with Gasteiger partial charge in [0.2, 0.25) is 5.91 Å². The number of thiophene rings is 1. The molecule has 0 aliphatic carbocycles. The van der Waals surface area contributed by atoms with Crippen LogP contribution in [0, 0.1) is 0 Å². The van der Waals surface area contributed by atoms with Gasteiger partial charge in [-0.15, -0.1) is 11.3 Å². The van der Waals surface area contributed by atoms with Crippen molar-refractivity contribution >= 4 is 51.7 Å². The molecule has 1 aromatic heterocycles. The molecule has 0 spiro atoms. The summed E-state index contributed by atoms with van der Waals surface area (Å²) >= 11 is 1.38. The molecule has 0 saturated carbocycles. The molecular formula is C23H19N3O4S. The number of ether oxygens (including phenoxy) is 1. The molecule has 8 heteroatoms. The Morgan fingerprint density at radius 2 is 1.71 bits per heavy atom. The first-order valence-electron chi connectivity index (χ1n) is 9.43. The fourth-order valence-electron chi connectivity index (χ4n) is 3.26. The van der Waals surface area contributed by atoms with Crippen LogP contribution in [0.3, 0.4) is 0 Å². The van der Waals surface area contributed by atoms with Crippen molar-refractivity contribution < 1.29 is 19.1 Å². The van der Waals surface area contributed by atoms with Gasteiger partial charge in [0.25, 0.3) is 11.8 Å². The molecule has 0 atom stereocenters. The molecule has 31 heavy (non-hydrogen) atoms. The molecule has 1 aliphatic heterocycles. The van der Waals surface area contributed by atoms with E-state index in [1.165, 1.54) is 25.4 Å². The summed E-state index contributed by atoms with van der Waals surface area (Å²) in [7, 11) is 1.53. The van der Waals surface area contributed by atoms with Crippen LogP contribution in [0.5, 0.6) is 5.75 Å². The molecule has 2 N–H and O–H groups in total. The zero-order valence-electron chi connectivity index (χ0n) is 16.8. The average Bonchev–Trinajstić information content (AvgIpc) is 3.36. The highest BCUT2D eigenvalue weighted by atomic mass is 32.1. The fourth-order valence-corrected chi connectivity index (χ4v) is 4.03. The third kappa shape index (κ3) is 4.06. The Balaban J connectivity index is 1.71. The number of methoxy groups -OCH3 is 1. The van der Waals surface area contributed by atoms with E-state index < -0.39 is 11.8 Å². The number of hydrogen-bond donors (Lipinski definition) is 2. The van der Waals surface area contributed by atoms with E-state index >= 15 is 0 Å². The number of rotatable bonds is 6. The Morgan fingerprint density at radius 3 is 2.35 bits per heavy atom. The van der Waals surface area contributed by atoms with E-state index in [2.05, 4.69) is 10.6 Å². The second kappa shape index (κ2) is 8.45. The van der Waals surface area contributed by atoms with Gasteiger partial charge in [-0.2, -0.15) is 0 Å². The normalized spacial score (nSPS) is 13.5. The molecule has 7 nitrogen and oxygen atoms in total. The van der Waals surface area contributed by atoms with Crippen LogP contribution in [0.2, 0.25) is 0 Å². The molecule has 3 aromatic rings. The van der Waals surface area contributed by atoms with Crippen molar-refractivity contribution in [1.82, 2.24) is 0 Å². The van der Waals surface area contributed by atoms with Crippen molar-refractivity contribution in [1.29, 1.82) is 0 Å². The van der Waals surface area contributed by atoms with Gasteiger partial charge in [-0.1, -0.05) is 12.1 Å². The minimum absolute atomic E-state index is 0.172. The van der Waals surface area contributed by atoms with E-state index in [1.54, 1.807) is 48.5 Å². The molecule has 0 fully saturated rings. The van der Waals surface area contributed by atoms with E-state index in [4.69, 9.17) is 4.74 Å². The van der Waals surface area contributed by atoms with E-state index in [1.807, 2.05) is 17.5 Å². The summed E-state index contributed by atoms with van der Waals surface area (Å²) in [5, 5.41) is 7.65. The van der Waals surface area contributed by atoms with Crippen molar-refractivity contribution in [3.63, 3.8) is 0 Å². The number of nitrogens with zero attached hydrogens (tertiary/aromatic N) is 1. The second-order valence-corrected chi connectivity index (χ2v) is 7.71. The lowest BCUT2D eigenvalue weighted by molar-refractivity contribution is -0.120. The highest BCUT2D eigenvalue weighted by molar-refractivity contribution is 7.11. The highest BCUT2D eigenvalue weighted by Gasteiger charge is 2.40. The Labute approximate surface area is 183 Å². The van der Waals surface area contributed by atoms with Crippen molar-refractivity contribution in [3.8, 4) is 5.75 Å². The van der Waals surface area contributed by atoms with Gasteiger partial charge in [-0.3, -0.25) is 14.4 Å². The van der Waals surface area contributed by atoms with Gasteiger partial charge < -0.3 is 15.4 Å². The molecule has 4 rings (SSSR count). The summed E-state index contributed by atoms with van der Waals surface area (Å²) in [4.78, 5) is 39.7. The minimum Gasteiger partial charge on any atom is -0.497 e. The van der Waals surface area contributed by atoms with Crippen LogP contribution in [-0.2, 0) is 14.4 Å². The topological polar surface area (TPSA) is 87.7 Å². The number of benzene rings is 2. The van der Waals surface area contributed by atoms with Gasteiger partial charge in [0.05, 0.1) is 18.4 Å².